The summed E-state index contributed by atoms with van der Waals surface area (Å²) in [6.45, 7) is 1.66. The highest BCUT2D eigenvalue weighted by atomic mass is 16.5. The predicted octanol–water partition coefficient (Wildman–Crippen LogP) is 3.67. The van der Waals surface area contributed by atoms with Gasteiger partial charge in [-0.25, -0.2) is 0 Å². The summed E-state index contributed by atoms with van der Waals surface area (Å²) in [5.74, 6) is 0.922. The zero-order chi connectivity index (χ0) is 15.1. The van der Waals surface area contributed by atoms with Gasteiger partial charge in [0.25, 0.3) is 0 Å². The molecule has 0 radical (unpaired) electrons. The Balaban J connectivity index is 2.02. The summed E-state index contributed by atoms with van der Waals surface area (Å²) >= 11 is 0. The Kier molecular flexibility index (Phi) is 5.80. The molecule has 0 saturated heterocycles. The third-order valence-corrected chi connectivity index (χ3v) is 4.57. The summed E-state index contributed by atoms with van der Waals surface area (Å²) in [6.07, 6.45) is 8.19. The quantitative estimate of drug-likeness (QED) is 0.591. The molecule has 21 heavy (non-hydrogen) atoms. The summed E-state index contributed by atoms with van der Waals surface area (Å²) in [6, 6.07) is 8.10. The Labute approximate surface area is 128 Å². The van der Waals surface area contributed by atoms with Gasteiger partial charge in [0.1, 0.15) is 12.0 Å². The maximum absolute atomic E-state index is 11.7. The van der Waals surface area contributed by atoms with Crippen molar-refractivity contribution in [3.8, 4) is 5.75 Å². The van der Waals surface area contributed by atoms with E-state index in [0.29, 0.717) is 0 Å². The molecule has 1 saturated carbocycles. The van der Waals surface area contributed by atoms with Crippen LogP contribution in [0.1, 0.15) is 44.1 Å². The van der Waals surface area contributed by atoms with Gasteiger partial charge in [-0.15, -0.1) is 0 Å². The van der Waals surface area contributed by atoms with Crippen molar-refractivity contribution in [1.29, 1.82) is 0 Å². The highest BCUT2D eigenvalue weighted by molar-refractivity contribution is 5.59. The third-order valence-electron chi connectivity index (χ3n) is 4.57. The lowest BCUT2D eigenvalue weighted by atomic mass is 9.81. The number of ether oxygens (including phenoxy) is 1. The lowest BCUT2D eigenvalue weighted by Crippen LogP contribution is -2.36. The van der Waals surface area contributed by atoms with Gasteiger partial charge in [0.2, 0.25) is 0 Å². The van der Waals surface area contributed by atoms with Crippen LogP contribution in [0.15, 0.2) is 24.3 Å². The molecule has 1 aromatic rings. The molecule has 2 rings (SSSR count). The minimum atomic E-state index is -0.146. The molecule has 116 valence electrons. The second-order valence-electron chi connectivity index (χ2n) is 6.38. The molecule has 0 spiro atoms. The Morgan fingerprint density at radius 2 is 1.86 bits per heavy atom. The Hall–Kier alpha value is -1.35. The first-order chi connectivity index (χ1) is 10.2. The van der Waals surface area contributed by atoms with Crippen LogP contribution in [-0.2, 0) is 11.3 Å². The molecule has 0 aromatic heterocycles. The lowest BCUT2D eigenvalue weighted by Gasteiger charge is -2.31. The summed E-state index contributed by atoms with van der Waals surface area (Å²) in [5, 5.41) is 0. The van der Waals surface area contributed by atoms with Crippen molar-refractivity contribution >= 4 is 6.29 Å². The van der Waals surface area contributed by atoms with Crippen molar-refractivity contribution in [2.45, 2.75) is 45.1 Å². The number of hydrogen-bond acceptors (Lipinski definition) is 3. The number of hydrogen-bond donors (Lipinski definition) is 0. The highest BCUT2D eigenvalue weighted by Crippen LogP contribution is 2.34. The topological polar surface area (TPSA) is 29.5 Å². The second-order valence-corrected chi connectivity index (χ2v) is 6.38. The molecule has 1 aliphatic rings. The maximum Gasteiger partial charge on any atom is 0.127 e. The van der Waals surface area contributed by atoms with Crippen molar-refractivity contribution in [2.75, 3.05) is 20.7 Å². The van der Waals surface area contributed by atoms with Crippen LogP contribution in [-0.4, -0.2) is 31.9 Å². The number of benzene rings is 1. The largest absolute Gasteiger partial charge is 0.496 e. The zero-order valence-corrected chi connectivity index (χ0v) is 13.3. The summed E-state index contributed by atoms with van der Waals surface area (Å²) in [7, 11) is 3.81. The van der Waals surface area contributed by atoms with Gasteiger partial charge < -0.3 is 14.4 Å². The lowest BCUT2D eigenvalue weighted by molar-refractivity contribution is -0.118. The molecule has 0 unspecified atom stereocenters. The van der Waals surface area contributed by atoms with Gasteiger partial charge in [-0.3, -0.25) is 0 Å². The average molecular weight is 289 g/mol. The molecule has 1 aliphatic carbocycles. The molecule has 0 amide bonds. The van der Waals surface area contributed by atoms with Crippen molar-refractivity contribution in [1.82, 2.24) is 4.90 Å². The van der Waals surface area contributed by atoms with E-state index in [1.807, 2.05) is 18.2 Å². The molecule has 1 fully saturated rings. The van der Waals surface area contributed by atoms with E-state index in [-0.39, 0.29) is 5.41 Å². The van der Waals surface area contributed by atoms with Crippen LogP contribution in [0.2, 0.25) is 0 Å². The number of nitrogens with zero attached hydrogens (tertiary/aromatic N) is 1. The number of methoxy groups -OCH3 is 1. The van der Waals surface area contributed by atoms with Gasteiger partial charge in [0, 0.05) is 24.1 Å². The van der Waals surface area contributed by atoms with Crippen molar-refractivity contribution < 1.29 is 9.53 Å². The predicted molar refractivity (Wildman–Crippen MR) is 85.5 cm³/mol. The number of aldehydes is 1. The molecule has 0 bridgehead atoms. The first-order valence-corrected chi connectivity index (χ1v) is 7.96. The van der Waals surface area contributed by atoms with Gasteiger partial charge in [-0.05, 0) is 26.0 Å². The second kappa shape index (κ2) is 7.60. The van der Waals surface area contributed by atoms with E-state index in [1.165, 1.54) is 37.5 Å². The van der Waals surface area contributed by atoms with E-state index >= 15 is 0 Å². The molecule has 0 aliphatic heterocycles. The summed E-state index contributed by atoms with van der Waals surface area (Å²) in [5.41, 5.74) is 1.03. The first-order valence-electron chi connectivity index (χ1n) is 7.96. The number of carbonyl (C=O) groups is 1. The molecule has 3 heteroatoms. The van der Waals surface area contributed by atoms with E-state index in [0.717, 1.165) is 31.7 Å². The number of carbonyl (C=O) groups excluding carboxylic acids is 1. The van der Waals surface area contributed by atoms with Crippen LogP contribution in [0.5, 0.6) is 5.75 Å². The smallest absolute Gasteiger partial charge is 0.127 e. The highest BCUT2D eigenvalue weighted by Gasteiger charge is 2.31. The Morgan fingerprint density at radius 3 is 2.48 bits per heavy atom. The van der Waals surface area contributed by atoms with Crippen molar-refractivity contribution in [3.63, 3.8) is 0 Å². The summed E-state index contributed by atoms with van der Waals surface area (Å²) in [4.78, 5) is 14.0. The normalized spacial score (nSPS) is 18.2. The van der Waals surface area contributed by atoms with Crippen LogP contribution < -0.4 is 4.74 Å². The molecule has 0 heterocycles. The fourth-order valence-corrected chi connectivity index (χ4v) is 3.46. The van der Waals surface area contributed by atoms with Crippen molar-refractivity contribution in [3.05, 3.63) is 29.8 Å². The van der Waals surface area contributed by atoms with Crippen LogP contribution in [0.25, 0.3) is 0 Å². The van der Waals surface area contributed by atoms with E-state index < -0.39 is 0 Å². The maximum atomic E-state index is 11.7. The summed E-state index contributed by atoms with van der Waals surface area (Å²) < 4.78 is 5.41. The van der Waals surface area contributed by atoms with Gasteiger partial charge in [0.05, 0.1) is 7.11 Å². The van der Waals surface area contributed by atoms with E-state index in [4.69, 9.17) is 4.74 Å². The van der Waals surface area contributed by atoms with Crippen LogP contribution in [0, 0.1) is 5.41 Å². The molecular weight excluding hydrogens is 262 g/mol. The third kappa shape index (κ3) is 4.31. The number of rotatable bonds is 6. The monoisotopic (exact) mass is 289 g/mol. The fraction of sp³-hybridized carbons (Fsp3) is 0.611. The van der Waals surface area contributed by atoms with Crippen LogP contribution >= 0.6 is 0 Å². The van der Waals surface area contributed by atoms with Gasteiger partial charge >= 0.3 is 0 Å². The van der Waals surface area contributed by atoms with Crippen molar-refractivity contribution in [2.24, 2.45) is 5.41 Å². The molecule has 3 nitrogen and oxygen atoms in total. The molecule has 0 atom stereocenters. The van der Waals surface area contributed by atoms with Gasteiger partial charge in [-0.2, -0.15) is 0 Å². The SMILES string of the molecule is COc1ccccc1CN(C)CC1(C=O)CCCCCC1. The standard InChI is InChI=1S/C18H27NO2/c1-19(13-16-9-5-6-10-17(16)21-2)14-18(15-20)11-7-3-4-8-12-18/h5-6,9-10,15H,3-4,7-8,11-14H2,1-2H3. The van der Waals surface area contributed by atoms with E-state index in [1.54, 1.807) is 7.11 Å². The average Bonchev–Trinajstić information content (AvgIpc) is 2.74. The van der Waals surface area contributed by atoms with Crippen LogP contribution in [0.4, 0.5) is 0 Å². The number of para-hydroxylation sites is 1. The Morgan fingerprint density at radius 1 is 1.19 bits per heavy atom. The van der Waals surface area contributed by atoms with E-state index in [2.05, 4.69) is 18.0 Å². The molecule has 1 aromatic carbocycles. The van der Waals surface area contributed by atoms with Gasteiger partial charge in [0.15, 0.2) is 0 Å². The van der Waals surface area contributed by atoms with E-state index in [9.17, 15) is 4.79 Å². The minimum Gasteiger partial charge on any atom is -0.496 e. The fourth-order valence-electron chi connectivity index (χ4n) is 3.46. The molecule has 0 N–H and O–H groups in total. The van der Waals surface area contributed by atoms with Crippen LogP contribution in [0.3, 0.4) is 0 Å². The zero-order valence-electron chi connectivity index (χ0n) is 13.3. The Bertz CT molecular complexity index is 450. The first kappa shape index (κ1) is 16.0. The molecular formula is C18H27NO2. The minimum absolute atomic E-state index is 0.146. The van der Waals surface area contributed by atoms with Gasteiger partial charge in [-0.1, -0.05) is 43.9 Å².